The van der Waals surface area contributed by atoms with Gasteiger partial charge in [-0.3, -0.25) is 0 Å². The van der Waals surface area contributed by atoms with E-state index in [4.69, 9.17) is 0 Å². The fourth-order valence-corrected chi connectivity index (χ4v) is 2.99. The van der Waals surface area contributed by atoms with Crippen LogP contribution < -0.4 is 10.0 Å². The molecule has 0 fully saturated rings. The van der Waals surface area contributed by atoms with Crippen LogP contribution in [0.3, 0.4) is 0 Å². The summed E-state index contributed by atoms with van der Waals surface area (Å²) in [6, 6.07) is 2.18. The van der Waals surface area contributed by atoms with Crippen LogP contribution in [-0.2, 0) is 16.6 Å². The molecule has 7 heteroatoms. The van der Waals surface area contributed by atoms with E-state index < -0.39 is 10.0 Å². The predicted molar refractivity (Wildman–Crippen MR) is 85.7 cm³/mol. The standard InChI is InChI=1S/C14H28N4O2S/c1-12(2)18(4)8-6-5-7-17-21(19,20)14-9-13(10-15-3)16-11-14/h9,11-12,15-17H,5-8,10H2,1-4H3. The quantitative estimate of drug-likeness (QED) is 0.566. The minimum Gasteiger partial charge on any atom is -0.363 e. The maximum absolute atomic E-state index is 12.1. The Morgan fingerprint density at radius 2 is 2.05 bits per heavy atom. The Morgan fingerprint density at radius 1 is 1.33 bits per heavy atom. The first-order valence-electron chi connectivity index (χ1n) is 7.38. The molecule has 0 saturated carbocycles. The second-order valence-electron chi connectivity index (χ2n) is 5.57. The van der Waals surface area contributed by atoms with Crippen LogP contribution in [-0.4, -0.2) is 51.5 Å². The van der Waals surface area contributed by atoms with E-state index in [-0.39, 0.29) is 0 Å². The Balaban J connectivity index is 2.36. The van der Waals surface area contributed by atoms with Gasteiger partial charge in [-0.1, -0.05) is 0 Å². The maximum Gasteiger partial charge on any atom is 0.242 e. The summed E-state index contributed by atoms with van der Waals surface area (Å²) >= 11 is 0. The summed E-state index contributed by atoms with van der Waals surface area (Å²) in [5, 5.41) is 2.98. The van der Waals surface area contributed by atoms with Gasteiger partial charge in [0, 0.05) is 31.0 Å². The van der Waals surface area contributed by atoms with Gasteiger partial charge in [0.15, 0.2) is 0 Å². The molecule has 1 aromatic rings. The van der Waals surface area contributed by atoms with Crippen LogP contribution in [0, 0.1) is 0 Å². The minimum absolute atomic E-state index is 0.298. The fraction of sp³-hybridized carbons (Fsp3) is 0.714. The van der Waals surface area contributed by atoms with E-state index in [0.717, 1.165) is 25.1 Å². The first kappa shape index (κ1) is 18.2. The molecule has 0 unspecified atom stereocenters. The number of sulfonamides is 1. The lowest BCUT2D eigenvalue weighted by Crippen LogP contribution is -2.29. The zero-order valence-corrected chi connectivity index (χ0v) is 14.3. The molecule has 1 rings (SSSR count). The number of rotatable bonds is 10. The van der Waals surface area contributed by atoms with E-state index in [1.165, 1.54) is 6.20 Å². The molecular weight excluding hydrogens is 288 g/mol. The van der Waals surface area contributed by atoms with E-state index >= 15 is 0 Å². The molecule has 0 spiro atoms. The number of H-pyrrole nitrogens is 1. The fourth-order valence-electron chi connectivity index (χ4n) is 1.90. The van der Waals surface area contributed by atoms with Gasteiger partial charge in [0.05, 0.1) is 4.90 Å². The average molecular weight is 316 g/mol. The van der Waals surface area contributed by atoms with Crippen LogP contribution in [0.15, 0.2) is 17.2 Å². The Hall–Kier alpha value is -0.890. The first-order chi connectivity index (χ1) is 9.86. The normalized spacial score (nSPS) is 12.5. The number of nitrogens with zero attached hydrogens (tertiary/aromatic N) is 1. The van der Waals surface area contributed by atoms with Crippen molar-refractivity contribution in [1.29, 1.82) is 0 Å². The highest BCUT2D eigenvalue weighted by Gasteiger charge is 2.15. The van der Waals surface area contributed by atoms with E-state index in [9.17, 15) is 8.42 Å². The van der Waals surface area contributed by atoms with Crippen molar-refractivity contribution in [2.24, 2.45) is 0 Å². The summed E-state index contributed by atoms with van der Waals surface area (Å²) in [5.74, 6) is 0. The molecule has 1 aromatic heterocycles. The molecular formula is C14H28N4O2S. The number of nitrogens with one attached hydrogen (secondary N) is 3. The van der Waals surface area contributed by atoms with Crippen molar-refractivity contribution in [3.63, 3.8) is 0 Å². The average Bonchev–Trinajstić information content (AvgIpc) is 2.87. The van der Waals surface area contributed by atoms with Crippen molar-refractivity contribution in [2.75, 3.05) is 27.2 Å². The monoisotopic (exact) mass is 316 g/mol. The van der Waals surface area contributed by atoms with Crippen LogP contribution in [0.2, 0.25) is 0 Å². The van der Waals surface area contributed by atoms with Gasteiger partial charge in [0.2, 0.25) is 10.0 Å². The lowest BCUT2D eigenvalue weighted by Gasteiger charge is -2.20. The Kier molecular flexibility index (Phi) is 7.37. The van der Waals surface area contributed by atoms with E-state index in [2.05, 4.69) is 40.8 Å². The molecule has 0 amide bonds. The Morgan fingerprint density at radius 3 is 2.67 bits per heavy atom. The highest BCUT2D eigenvalue weighted by atomic mass is 32.2. The molecule has 0 saturated heterocycles. The third-order valence-electron chi connectivity index (χ3n) is 3.51. The molecule has 0 aliphatic rings. The van der Waals surface area contributed by atoms with Crippen molar-refractivity contribution in [1.82, 2.24) is 19.9 Å². The van der Waals surface area contributed by atoms with Gasteiger partial charge in [0.25, 0.3) is 0 Å². The lowest BCUT2D eigenvalue weighted by atomic mass is 10.2. The van der Waals surface area contributed by atoms with Crippen LogP contribution in [0.1, 0.15) is 32.4 Å². The van der Waals surface area contributed by atoms with Gasteiger partial charge in [-0.05, 0) is 53.4 Å². The summed E-state index contributed by atoms with van der Waals surface area (Å²) < 4.78 is 26.8. The van der Waals surface area contributed by atoms with E-state index in [0.29, 0.717) is 24.0 Å². The number of aromatic amines is 1. The summed E-state index contributed by atoms with van der Waals surface area (Å²) in [6.45, 7) is 6.38. The zero-order valence-electron chi connectivity index (χ0n) is 13.4. The summed E-state index contributed by atoms with van der Waals surface area (Å²) in [7, 11) is 0.505. The van der Waals surface area contributed by atoms with Gasteiger partial charge in [0.1, 0.15) is 0 Å². The third kappa shape index (κ3) is 6.17. The Bertz CT molecular complexity index is 511. The second kappa shape index (κ2) is 8.53. The summed E-state index contributed by atoms with van der Waals surface area (Å²) in [5.41, 5.74) is 0.858. The van der Waals surface area contributed by atoms with Gasteiger partial charge < -0.3 is 15.2 Å². The van der Waals surface area contributed by atoms with Crippen LogP contribution in [0.25, 0.3) is 0 Å². The second-order valence-corrected chi connectivity index (χ2v) is 7.34. The number of hydrogen-bond acceptors (Lipinski definition) is 4. The SMILES string of the molecule is CNCc1cc(S(=O)(=O)NCCCCN(C)C(C)C)c[nH]1. The molecule has 0 aliphatic carbocycles. The topological polar surface area (TPSA) is 77.2 Å². The van der Waals surface area contributed by atoms with Crippen molar-refractivity contribution < 1.29 is 8.42 Å². The van der Waals surface area contributed by atoms with Crippen molar-refractivity contribution in [3.8, 4) is 0 Å². The van der Waals surface area contributed by atoms with Crippen molar-refractivity contribution in [3.05, 3.63) is 18.0 Å². The zero-order chi connectivity index (χ0) is 15.9. The van der Waals surface area contributed by atoms with Crippen molar-refractivity contribution in [2.45, 2.75) is 44.2 Å². The van der Waals surface area contributed by atoms with Gasteiger partial charge >= 0.3 is 0 Å². The molecule has 0 aliphatic heterocycles. The van der Waals surface area contributed by atoms with Crippen molar-refractivity contribution >= 4 is 10.0 Å². The molecule has 0 radical (unpaired) electrons. The number of hydrogen-bond donors (Lipinski definition) is 3. The predicted octanol–water partition coefficient (Wildman–Crippen LogP) is 1.13. The molecule has 1 heterocycles. The van der Waals surface area contributed by atoms with Crippen LogP contribution in [0.4, 0.5) is 0 Å². The van der Waals surface area contributed by atoms with E-state index in [1.807, 2.05) is 7.05 Å². The summed E-state index contributed by atoms with van der Waals surface area (Å²) in [4.78, 5) is 5.51. The number of aromatic nitrogens is 1. The molecule has 0 bridgehead atoms. The van der Waals surface area contributed by atoms with Gasteiger partial charge in [-0.2, -0.15) is 0 Å². The largest absolute Gasteiger partial charge is 0.363 e. The minimum atomic E-state index is -3.40. The maximum atomic E-state index is 12.1. The number of unbranched alkanes of at least 4 members (excludes halogenated alkanes) is 1. The van der Waals surface area contributed by atoms with Crippen LogP contribution in [0.5, 0.6) is 0 Å². The smallest absolute Gasteiger partial charge is 0.242 e. The molecule has 0 aromatic carbocycles. The highest BCUT2D eigenvalue weighted by Crippen LogP contribution is 2.10. The lowest BCUT2D eigenvalue weighted by molar-refractivity contribution is 0.268. The van der Waals surface area contributed by atoms with E-state index in [1.54, 1.807) is 6.07 Å². The Labute approximate surface area is 128 Å². The highest BCUT2D eigenvalue weighted by molar-refractivity contribution is 7.89. The molecule has 0 atom stereocenters. The van der Waals surface area contributed by atoms with Gasteiger partial charge in [-0.25, -0.2) is 13.1 Å². The molecule has 122 valence electrons. The van der Waals surface area contributed by atoms with Crippen LogP contribution >= 0.6 is 0 Å². The van der Waals surface area contributed by atoms with Gasteiger partial charge in [-0.15, -0.1) is 0 Å². The molecule has 3 N–H and O–H groups in total. The molecule has 6 nitrogen and oxygen atoms in total. The third-order valence-corrected chi connectivity index (χ3v) is 4.95. The molecule has 21 heavy (non-hydrogen) atoms. The summed E-state index contributed by atoms with van der Waals surface area (Å²) in [6.07, 6.45) is 3.35. The first-order valence-corrected chi connectivity index (χ1v) is 8.87.